The van der Waals surface area contributed by atoms with Crippen molar-refractivity contribution < 1.29 is 9.50 Å². The Hall–Kier alpha value is -1.57. The Kier molecular flexibility index (Phi) is 13.1. The molecule has 1 nitrogen and oxygen atoms in total. The second-order valence-electron chi connectivity index (χ2n) is 5.54. The van der Waals surface area contributed by atoms with E-state index in [4.69, 9.17) is 5.11 Å². The summed E-state index contributed by atoms with van der Waals surface area (Å²) in [5.74, 6) is 0.956. The molecule has 0 atom stereocenters. The van der Waals surface area contributed by atoms with E-state index in [2.05, 4.69) is 0 Å². The Labute approximate surface area is 141 Å². The van der Waals surface area contributed by atoms with Crippen LogP contribution in [0, 0.1) is 5.82 Å². The lowest BCUT2D eigenvalue weighted by Gasteiger charge is -2.21. The van der Waals surface area contributed by atoms with Gasteiger partial charge in [-0.2, -0.15) is 0 Å². The highest BCUT2D eigenvalue weighted by atomic mass is 19.1. The Bertz CT molecular complexity index is 435. The number of halogens is 1. The molecule has 1 N–H and O–H groups in total. The summed E-state index contributed by atoms with van der Waals surface area (Å²) in [5, 5.41) is 8.61. The Morgan fingerprint density at radius 3 is 2.17 bits per heavy atom. The highest BCUT2D eigenvalue weighted by molar-refractivity contribution is 5.20. The molecule has 0 saturated heterocycles. The van der Waals surface area contributed by atoms with E-state index in [-0.39, 0.29) is 5.82 Å². The maximum atomic E-state index is 12.7. The first-order valence-electron chi connectivity index (χ1n) is 8.85. The van der Waals surface area contributed by atoms with Crippen LogP contribution in [0.25, 0.3) is 0 Å². The Morgan fingerprint density at radius 1 is 1.13 bits per heavy atom. The number of rotatable bonds is 3. The number of allylic oxidation sites excluding steroid dienone is 4. The highest BCUT2D eigenvalue weighted by Crippen LogP contribution is 2.32. The number of hydrogen-bond donors (Lipinski definition) is 1. The van der Waals surface area contributed by atoms with Crippen LogP contribution in [0.1, 0.15) is 77.7 Å². The summed E-state index contributed by atoms with van der Waals surface area (Å²) in [6.07, 6.45) is 13.1. The summed E-state index contributed by atoms with van der Waals surface area (Å²) in [6.45, 7) is 7.63. The van der Waals surface area contributed by atoms with Crippen LogP contribution < -0.4 is 0 Å². The molecule has 1 fully saturated rings. The number of aliphatic hydroxyl groups excluding tert-OH is 1. The van der Waals surface area contributed by atoms with Crippen molar-refractivity contribution >= 4 is 0 Å². The number of benzene rings is 1. The lowest BCUT2D eigenvalue weighted by Crippen LogP contribution is -2.04. The zero-order chi connectivity index (χ0) is 17.5. The van der Waals surface area contributed by atoms with E-state index in [1.165, 1.54) is 37.7 Å². The van der Waals surface area contributed by atoms with Crippen LogP contribution in [0.3, 0.4) is 0 Å². The summed E-state index contributed by atoms with van der Waals surface area (Å²) in [6, 6.07) is 7.02. The van der Waals surface area contributed by atoms with E-state index in [0.29, 0.717) is 11.7 Å². The average molecular weight is 320 g/mol. The molecule has 2 heteroatoms. The molecule has 0 aromatic heterocycles. The van der Waals surface area contributed by atoms with Gasteiger partial charge in [0, 0.05) is 0 Å². The van der Waals surface area contributed by atoms with E-state index >= 15 is 0 Å². The van der Waals surface area contributed by atoms with Crippen LogP contribution in [0.4, 0.5) is 4.39 Å². The second-order valence-corrected chi connectivity index (χ2v) is 5.54. The molecule has 1 aliphatic rings. The standard InChI is InChI=1S/C12H15F.C7H12O.C2H6/c13-12-8-6-11(7-9-12)10-4-2-1-3-5-10;1-3-4-5-6-7(2)8;1-2/h6-10H,1-5H2;3-4,6,8H,5H2,1-2H3;1-2H3/b;4-3-,7-6+;. The van der Waals surface area contributed by atoms with Gasteiger partial charge in [0.05, 0.1) is 5.76 Å². The van der Waals surface area contributed by atoms with Gasteiger partial charge in [-0.1, -0.05) is 57.4 Å². The van der Waals surface area contributed by atoms with Gasteiger partial charge in [-0.15, -0.1) is 0 Å². The molecule has 23 heavy (non-hydrogen) atoms. The maximum absolute atomic E-state index is 12.7. The van der Waals surface area contributed by atoms with Crippen molar-refractivity contribution in [2.24, 2.45) is 0 Å². The predicted molar refractivity (Wildman–Crippen MR) is 99.4 cm³/mol. The van der Waals surface area contributed by atoms with Gasteiger partial charge in [0.1, 0.15) is 5.82 Å². The van der Waals surface area contributed by atoms with Crippen LogP contribution in [-0.2, 0) is 0 Å². The zero-order valence-corrected chi connectivity index (χ0v) is 15.2. The predicted octanol–water partition coefficient (Wildman–Crippen LogP) is 7.31. The SMILES string of the molecule is C/C=C\C/C=C(\C)O.CC.Fc1ccc(C2CCCCC2)cc1. The first kappa shape index (κ1) is 21.4. The fraction of sp³-hybridized carbons (Fsp3) is 0.524. The molecule has 0 radical (unpaired) electrons. The van der Waals surface area contributed by atoms with Crippen molar-refractivity contribution in [2.75, 3.05) is 0 Å². The van der Waals surface area contributed by atoms with Crippen molar-refractivity contribution in [3.05, 3.63) is 59.6 Å². The topological polar surface area (TPSA) is 20.2 Å². The highest BCUT2D eigenvalue weighted by Gasteiger charge is 2.14. The van der Waals surface area contributed by atoms with Crippen LogP contribution >= 0.6 is 0 Å². The van der Waals surface area contributed by atoms with Gasteiger partial charge in [-0.3, -0.25) is 0 Å². The molecule has 0 amide bonds. The smallest absolute Gasteiger partial charge is 0.123 e. The van der Waals surface area contributed by atoms with Crippen LogP contribution in [0.5, 0.6) is 0 Å². The second kappa shape index (κ2) is 14.0. The van der Waals surface area contributed by atoms with E-state index in [0.717, 1.165) is 6.42 Å². The van der Waals surface area contributed by atoms with Crippen LogP contribution in [-0.4, -0.2) is 5.11 Å². The third-order valence-corrected chi connectivity index (χ3v) is 3.73. The third-order valence-electron chi connectivity index (χ3n) is 3.73. The summed E-state index contributed by atoms with van der Waals surface area (Å²) in [7, 11) is 0. The van der Waals surface area contributed by atoms with Crippen molar-refractivity contribution in [2.45, 2.75) is 72.1 Å². The maximum Gasteiger partial charge on any atom is 0.123 e. The van der Waals surface area contributed by atoms with E-state index in [1.54, 1.807) is 25.1 Å². The summed E-state index contributed by atoms with van der Waals surface area (Å²) in [5.41, 5.74) is 1.32. The van der Waals surface area contributed by atoms with E-state index in [1.807, 2.05) is 45.1 Å². The third kappa shape index (κ3) is 10.7. The Balaban J connectivity index is 0.000000421. The lowest BCUT2D eigenvalue weighted by atomic mass is 9.84. The van der Waals surface area contributed by atoms with Gasteiger partial charge in [0.2, 0.25) is 0 Å². The average Bonchev–Trinajstić information content (AvgIpc) is 2.59. The molecule has 1 aromatic carbocycles. The molecule has 0 heterocycles. The molecule has 0 aliphatic heterocycles. The summed E-state index contributed by atoms with van der Waals surface area (Å²) in [4.78, 5) is 0. The molecular weight excluding hydrogens is 287 g/mol. The number of hydrogen-bond acceptors (Lipinski definition) is 1. The van der Waals surface area contributed by atoms with Gasteiger partial charge < -0.3 is 5.11 Å². The monoisotopic (exact) mass is 320 g/mol. The van der Waals surface area contributed by atoms with Crippen molar-refractivity contribution in [1.82, 2.24) is 0 Å². The molecule has 0 unspecified atom stereocenters. The molecule has 1 saturated carbocycles. The first-order valence-corrected chi connectivity index (χ1v) is 8.85. The van der Waals surface area contributed by atoms with Gasteiger partial charge >= 0.3 is 0 Å². The minimum atomic E-state index is -0.125. The van der Waals surface area contributed by atoms with Gasteiger partial charge in [0.25, 0.3) is 0 Å². The molecule has 0 spiro atoms. The fourth-order valence-electron chi connectivity index (χ4n) is 2.55. The lowest BCUT2D eigenvalue weighted by molar-refractivity contribution is 0.412. The molecule has 1 aliphatic carbocycles. The van der Waals surface area contributed by atoms with Gasteiger partial charge in [-0.05, 0) is 62.8 Å². The summed E-state index contributed by atoms with van der Waals surface area (Å²) < 4.78 is 12.7. The van der Waals surface area contributed by atoms with Crippen molar-refractivity contribution in [3.8, 4) is 0 Å². The zero-order valence-electron chi connectivity index (χ0n) is 15.2. The van der Waals surface area contributed by atoms with Gasteiger partial charge in [-0.25, -0.2) is 4.39 Å². The van der Waals surface area contributed by atoms with Crippen LogP contribution in [0.2, 0.25) is 0 Å². The molecule has 2 rings (SSSR count). The van der Waals surface area contributed by atoms with Crippen molar-refractivity contribution in [1.29, 1.82) is 0 Å². The first-order chi connectivity index (χ1) is 11.1. The fourth-order valence-corrected chi connectivity index (χ4v) is 2.55. The molecule has 130 valence electrons. The number of aliphatic hydroxyl groups is 1. The quantitative estimate of drug-likeness (QED) is 0.457. The Morgan fingerprint density at radius 2 is 1.70 bits per heavy atom. The summed E-state index contributed by atoms with van der Waals surface area (Å²) >= 11 is 0. The van der Waals surface area contributed by atoms with E-state index in [9.17, 15) is 4.39 Å². The molecule has 0 bridgehead atoms. The largest absolute Gasteiger partial charge is 0.513 e. The minimum absolute atomic E-state index is 0.125. The molecular formula is C21H33FO. The van der Waals surface area contributed by atoms with Crippen molar-refractivity contribution in [3.63, 3.8) is 0 Å². The van der Waals surface area contributed by atoms with Crippen LogP contribution in [0.15, 0.2) is 48.3 Å². The molecule has 1 aromatic rings. The van der Waals surface area contributed by atoms with E-state index < -0.39 is 0 Å². The minimum Gasteiger partial charge on any atom is -0.513 e. The van der Waals surface area contributed by atoms with Gasteiger partial charge in [0.15, 0.2) is 0 Å². The normalized spacial score (nSPS) is 15.4.